The minimum Gasteiger partial charge on any atom is -0.455 e. The number of amides is 1. The normalized spacial score (nSPS) is 19.5. The zero-order valence-electron chi connectivity index (χ0n) is 17.2. The first-order chi connectivity index (χ1) is 14.8. The first kappa shape index (κ1) is 22.0. The van der Waals surface area contributed by atoms with Crippen molar-refractivity contribution in [2.24, 2.45) is 5.92 Å². The van der Waals surface area contributed by atoms with Crippen LogP contribution in [-0.2, 0) is 11.9 Å². The third-order valence-electron chi connectivity index (χ3n) is 5.56. The van der Waals surface area contributed by atoms with Gasteiger partial charge in [-0.25, -0.2) is 9.97 Å². The molecule has 1 saturated carbocycles. The Kier molecular flexibility index (Phi) is 6.45. The molecule has 1 aliphatic heterocycles. The van der Waals surface area contributed by atoms with Gasteiger partial charge in [-0.1, -0.05) is 11.8 Å². The minimum absolute atomic E-state index is 0.0405. The Hall–Kier alpha value is -2.23. The van der Waals surface area contributed by atoms with Gasteiger partial charge < -0.3 is 14.6 Å². The minimum atomic E-state index is -4.55. The van der Waals surface area contributed by atoms with Crippen LogP contribution < -0.4 is 10.2 Å². The summed E-state index contributed by atoms with van der Waals surface area (Å²) in [6.45, 7) is 3.32. The third kappa shape index (κ3) is 5.72. The van der Waals surface area contributed by atoms with E-state index in [2.05, 4.69) is 15.3 Å². The van der Waals surface area contributed by atoms with Gasteiger partial charge in [0.25, 0.3) is 5.91 Å². The molecule has 0 bridgehead atoms. The largest absolute Gasteiger partial charge is 0.455 e. The maximum Gasteiger partial charge on any atom is 0.433 e. The van der Waals surface area contributed by atoms with Crippen molar-refractivity contribution in [1.82, 2.24) is 15.3 Å². The average molecular weight is 455 g/mol. The fraction of sp³-hybridized carbons (Fsp3) is 0.571. The molecule has 10 heteroatoms. The van der Waals surface area contributed by atoms with Crippen molar-refractivity contribution in [3.63, 3.8) is 0 Å². The standard InChI is InChI=1S/C21H25F3N4O2S/c1-13-4-2-3-9-28(13)18-10-17(21(22,23)24)26-20(27-18)31-12-15-7-8-16(30-15)19(29)25-11-14-5-6-14/h7-8,10,13-14H,2-6,9,11-12H2,1H3,(H,25,29). The molecular formula is C21H25F3N4O2S. The molecule has 0 aromatic carbocycles. The number of furan rings is 1. The van der Waals surface area contributed by atoms with Crippen LogP contribution in [0.4, 0.5) is 19.0 Å². The third-order valence-corrected chi connectivity index (χ3v) is 6.43. The predicted octanol–water partition coefficient (Wildman–Crippen LogP) is 4.90. The number of thioether (sulfide) groups is 1. The van der Waals surface area contributed by atoms with E-state index in [9.17, 15) is 18.0 Å². The van der Waals surface area contributed by atoms with E-state index in [1.54, 1.807) is 12.1 Å². The van der Waals surface area contributed by atoms with Crippen LogP contribution in [0.1, 0.15) is 61.0 Å². The van der Waals surface area contributed by atoms with Gasteiger partial charge in [-0.2, -0.15) is 13.2 Å². The molecule has 2 aromatic rings. The quantitative estimate of drug-likeness (QED) is 0.474. The molecule has 2 fully saturated rings. The fourth-order valence-electron chi connectivity index (χ4n) is 3.57. The van der Waals surface area contributed by atoms with Gasteiger partial charge in [-0.15, -0.1) is 0 Å². The molecule has 1 aliphatic carbocycles. The molecule has 1 saturated heterocycles. The van der Waals surface area contributed by atoms with Gasteiger partial charge in [-0.05, 0) is 57.1 Å². The number of nitrogens with zero attached hydrogens (tertiary/aromatic N) is 3. The number of hydrogen-bond acceptors (Lipinski definition) is 6. The van der Waals surface area contributed by atoms with E-state index >= 15 is 0 Å². The molecule has 2 aromatic heterocycles. The Balaban J connectivity index is 1.46. The van der Waals surface area contributed by atoms with Gasteiger partial charge in [0.2, 0.25) is 0 Å². The monoisotopic (exact) mass is 454 g/mol. The van der Waals surface area contributed by atoms with E-state index < -0.39 is 11.9 Å². The molecule has 4 rings (SSSR count). The molecule has 0 spiro atoms. The van der Waals surface area contributed by atoms with E-state index in [1.165, 1.54) is 0 Å². The topological polar surface area (TPSA) is 71.3 Å². The second-order valence-electron chi connectivity index (χ2n) is 8.14. The number of rotatable bonds is 7. The van der Waals surface area contributed by atoms with Crippen LogP contribution in [0.15, 0.2) is 27.8 Å². The van der Waals surface area contributed by atoms with Crippen molar-refractivity contribution in [3.8, 4) is 0 Å². The molecule has 1 atom stereocenters. The van der Waals surface area contributed by atoms with E-state index in [4.69, 9.17) is 4.42 Å². The highest BCUT2D eigenvalue weighted by molar-refractivity contribution is 7.98. The number of anilines is 1. The fourth-order valence-corrected chi connectivity index (χ4v) is 4.32. The van der Waals surface area contributed by atoms with Gasteiger partial charge in [0.15, 0.2) is 16.6 Å². The molecule has 6 nitrogen and oxygen atoms in total. The molecule has 1 unspecified atom stereocenters. The molecule has 168 valence electrons. The lowest BCUT2D eigenvalue weighted by Crippen LogP contribution is -2.38. The van der Waals surface area contributed by atoms with E-state index in [1.807, 2.05) is 11.8 Å². The van der Waals surface area contributed by atoms with Crippen molar-refractivity contribution < 1.29 is 22.4 Å². The molecule has 1 N–H and O–H groups in total. The lowest BCUT2D eigenvalue weighted by Gasteiger charge is -2.34. The number of hydrogen-bond donors (Lipinski definition) is 1. The highest BCUT2D eigenvalue weighted by Crippen LogP contribution is 2.34. The summed E-state index contributed by atoms with van der Waals surface area (Å²) >= 11 is 1.06. The summed E-state index contributed by atoms with van der Waals surface area (Å²) in [5, 5.41) is 2.87. The lowest BCUT2D eigenvalue weighted by atomic mass is 10.0. The Morgan fingerprint density at radius 2 is 2.06 bits per heavy atom. The Morgan fingerprint density at radius 3 is 2.77 bits per heavy atom. The molecule has 0 radical (unpaired) electrons. The Bertz CT molecular complexity index is 930. The smallest absolute Gasteiger partial charge is 0.433 e. The van der Waals surface area contributed by atoms with Crippen LogP contribution in [0.5, 0.6) is 0 Å². The number of aromatic nitrogens is 2. The zero-order chi connectivity index (χ0) is 22.0. The average Bonchev–Trinajstić information content (AvgIpc) is 3.45. The number of piperidine rings is 1. The number of carbonyl (C=O) groups excluding carboxylic acids is 1. The van der Waals surface area contributed by atoms with Crippen LogP contribution in [0.2, 0.25) is 0 Å². The number of carbonyl (C=O) groups is 1. The van der Waals surface area contributed by atoms with Crippen LogP contribution in [0.25, 0.3) is 0 Å². The molecular weight excluding hydrogens is 429 g/mol. The predicted molar refractivity (Wildman–Crippen MR) is 111 cm³/mol. The van der Waals surface area contributed by atoms with Gasteiger partial charge in [-0.3, -0.25) is 4.79 Å². The summed E-state index contributed by atoms with van der Waals surface area (Å²) in [6.07, 6.45) is 0.627. The second kappa shape index (κ2) is 9.10. The van der Waals surface area contributed by atoms with Gasteiger partial charge in [0, 0.05) is 25.2 Å². The molecule has 2 aliphatic rings. The van der Waals surface area contributed by atoms with Crippen LogP contribution in [0, 0.1) is 5.92 Å². The van der Waals surface area contributed by atoms with Crippen molar-refractivity contribution in [2.45, 2.75) is 62.2 Å². The van der Waals surface area contributed by atoms with Gasteiger partial charge in [0.1, 0.15) is 11.6 Å². The van der Waals surface area contributed by atoms with Crippen molar-refractivity contribution in [2.75, 3.05) is 18.0 Å². The highest BCUT2D eigenvalue weighted by atomic mass is 32.2. The van der Waals surface area contributed by atoms with E-state index in [0.29, 0.717) is 30.6 Å². The van der Waals surface area contributed by atoms with E-state index in [-0.39, 0.29) is 28.6 Å². The molecule has 1 amide bonds. The summed E-state index contributed by atoms with van der Waals surface area (Å²) in [6, 6.07) is 4.39. The van der Waals surface area contributed by atoms with Gasteiger partial charge >= 0.3 is 6.18 Å². The van der Waals surface area contributed by atoms with E-state index in [0.717, 1.165) is 49.9 Å². The maximum atomic E-state index is 13.4. The Morgan fingerprint density at radius 1 is 1.26 bits per heavy atom. The summed E-state index contributed by atoms with van der Waals surface area (Å²) in [7, 11) is 0. The summed E-state index contributed by atoms with van der Waals surface area (Å²) in [5.74, 6) is 1.49. The first-order valence-electron chi connectivity index (χ1n) is 10.5. The zero-order valence-corrected chi connectivity index (χ0v) is 18.1. The summed E-state index contributed by atoms with van der Waals surface area (Å²) in [5.41, 5.74) is -0.947. The Labute approximate surface area is 183 Å². The maximum absolute atomic E-state index is 13.4. The number of alkyl halides is 3. The highest BCUT2D eigenvalue weighted by Gasteiger charge is 2.35. The van der Waals surface area contributed by atoms with Crippen LogP contribution in [-0.4, -0.2) is 35.0 Å². The van der Waals surface area contributed by atoms with Crippen molar-refractivity contribution >= 4 is 23.5 Å². The van der Waals surface area contributed by atoms with Crippen LogP contribution in [0.3, 0.4) is 0 Å². The van der Waals surface area contributed by atoms with Crippen molar-refractivity contribution in [3.05, 3.63) is 35.4 Å². The van der Waals surface area contributed by atoms with Gasteiger partial charge in [0.05, 0.1) is 5.75 Å². The molecule has 3 heterocycles. The first-order valence-corrected chi connectivity index (χ1v) is 11.5. The summed E-state index contributed by atoms with van der Waals surface area (Å²) < 4.78 is 45.8. The number of halogens is 3. The molecule has 31 heavy (non-hydrogen) atoms. The van der Waals surface area contributed by atoms with Crippen LogP contribution >= 0.6 is 11.8 Å². The van der Waals surface area contributed by atoms with Crippen molar-refractivity contribution in [1.29, 1.82) is 0 Å². The summed E-state index contributed by atoms with van der Waals surface area (Å²) in [4.78, 5) is 22.1. The second-order valence-corrected chi connectivity index (χ2v) is 9.08. The number of nitrogens with one attached hydrogen (secondary N) is 1. The lowest BCUT2D eigenvalue weighted by molar-refractivity contribution is -0.141. The SMILES string of the molecule is CC1CCCCN1c1cc(C(F)(F)F)nc(SCc2ccc(C(=O)NCC3CC3)o2)n1.